The third-order valence-electron chi connectivity index (χ3n) is 0.805. The second-order valence-corrected chi connectivity index (χ2v) is 3.49. The fourth-order valence-corrected chi connectivity index (χ4v) is 1.52. The SMILES string of the molecule is OCCCSCC(Cl)=CCl. The lowest BCUT2D eigenvalue weighted by Crippen LogP contribution is -1.87. The Morgan fingerprint density at radius 2 is 2.30 bits per heavy atom. The third-order valence-corrected chi connectivity index (χ3v) is 2.67. The Bertz CT molecular complexity index is 106. The summed E-state index contributed by atoms with van der Waals surface area (Å²) in [6.45, 7) is 0.245. The minimum Gasteiger partial charge on any atom is -0.396 e. The van der Waals surface area contributed by atoms with Crippen molar-refractivity contribution < 1.29 is 5.11 Å². The lowest BCUT2D eigenvalue weighted by Gasteiger charge is -1.96. The Morgan fingerprint density at radius 1 is 1.60 bits per heavy atom. The first-order valence-electron chi connectivity index (χ1n) is 2.94. The molecule has 0 heterocycles. The summed E-state index contributed by atoms with van der Waals surface area (Å²) >= 11 is 12.6. The summed E-state index contributed by atoms with van der Waals surface area (Å²) in [5.41, 5.74) is 1.37. The van der Waals surface area contributed by atoms with Crippen molar-refractivity contribution in [1.82, 2.24) is 0 Å². The first kappa shape index (κ1) is 10.6. The van der Waals surface area contributed by atoms with Crippen molar-refractivity contribution in [1.29, 1.82) is 0 Å². The second-order valence-electron chi connectivity index (χ2n) is 1.69. The Balaban J connectivity index is 3.04. The van der Waals surface area contributed by atoms with Crippen LogP contribution in [0.1, 0.15) is 6.42 Å². The molecule has 1 N–H and O–H groups in total. The van der Waals surface area contributed by atoms with Crippen LogP contribution >= 0.6 is 35.0 Å². The van der Waals surface area contributed by atoms with Crippen molar-refractivity contribution in [2.24, 2.45) is 0 Å². The van der Waals surface area contributed by atoms with Crippen LogP contribution in [0.25, 0.3) is 0 Å². The van der Waals surface area contributed by atoms with Gasteiger partial charge in [-0.05, 0) is 12.2 Å². The number of hydrogen-bond donors (Lipinski definition) is 1. The van der Waals surface area contributed by atoms with Gasteiger partial charge in [0.2, 0.25) is 0 Å². The molecule has 0 saturated carbocycles. The van der Waals surface area contributed by atoms with Gasteiger partial charge in [-0.15, -0.1) is 0 Å². The molecule has 0 bridgehead atoms. The molecule has 0 atom stereocenters. The van der Waals surface area contributed by atoms with E-state index in [9.17, 15) is 0 Å². The fourth-order valence-electron chi connectivity index (χ4n) is 0.368. The van der Waals surface area contributed by atoms with E-state index in [1.54, 1.807) is 11.8 Å². The van der Waals surface area contributed by atoms with Crippen LogP contribution in [0.15, 0.2) is 10.6 Å². The Morgan fingerprint density at radius 3 is 2.80 bits per heavy atom. The van der Waals surface area contributed by atoms with E-state index in [1.807, 2.05) is 0 Å². The topological polar surface area (TPSA) is 20.2 Å². The summed E-state index contributed by atoms with van der Waals surface area (Å²) < 4.78 is 0. The fraction of sp³-hybridized carbons (Fsp3) is 0.667. The van der Waals surface area contributed by atoms with Crippen LogP contribution in [0.5, 0.6) is 0 Å². The highest BCUT2D eigenvalue weighted by Crippen LogP contribution is 2.12. The summed E-state index contributed by atoms with van der Waals surface area (Å²) in [5.74, 6) is 1.67. The van der Waals surface area contributed by atoms with Crippen LogP contribution in [-0.4, -0.2) is 23.2 Å². The normalized spacial score (nSPS) is 12.1. The molecular weight excluding hydrogens is 191 g/mol. The van der Waals surface area contributed by atoms with Gasteiger partial charge in [0.15, 0.2) is 0 Å². The highest BCUT2D eigenvalue weighted by molar-refractivity contribution is 7.99. The molecule has 4 heteroatoms. The van der Waals surface area contributed by atoms with E-state index < -0.39 is 0 Å². The van der Waals surface area contributed by atoms with Gasteiger partial charge in [0.25, 0.3) is 0 Å². The summed E-state index contributed by atoms with van der Waals surface area (Å²) in [6, 6.07) is 0. The standard InChI is InChI=1S/C6H10Cl2OS/c7-4-6(8)5-10-3-1-2-9/h4,9H,1-3,5H2. The monoisotopic (exact) mass is 200 g/mol. The number of aliphatic hydroxyl groups excluding tert-OH is 1. The molecule has 0 radical (unpaired) electrons. The van der Waals surface area contributed by atoms with Crippen molar-refractivity contribution in [2.75, 3.05) is 18.1 Å². The average molecular weight is 201 g/mol. The average Bonchev–Trinajstić information content (AvgIpc) is 1.98. The van der Waals surface area contributed by atoms with Gasteiger partial charge in [0.05, 0.1) is 0 Å². The second kappa shape index (κ2) is 7.73. The number of rotatable bonds is 5. The molecule has 0 aliphatic heterocycles. The van der Waals surface area contributed by atoms with Crippen LogP contribution in [0.2, 0.25) is 0 Å². The van der Waals surface area contributed by atoms with E-state index in [0.29, 0.717) is 5.03 Å². The molecule has 0 unspecified atom stereocenters. The van der Waals surface area contributed by atoms with Crippen molar-refractivity contribution in [3.05, 3.63) is 10.6 Å². The van der Waals surface area contributed by atoms with Crippen molar-refractivity contribution in [2.45, 2.75) is 6.42 Å². The number of halogens is 2. The van der Waals surface area contributed by atoms with Gasteiger partial charge in [-0.2, -0.15) is 11.8 Å². The van der Waals surface area contributed by atoms with E-state index >= 15 is 0 Å². The molecule has 0 aliphatic carbocycles. The van der Waals surface area contributed by atoms with E-state index in [2.05, 4.69) is 0 Å². The summed E-state index contributed by atoms with van der Waals surface area (Å²) in [4.78, 5) is 0. The largest absolute Gasteiger partial charge is 0.396 e. The van der Waals surface area contributed by atoms with E-state index in [0.717, 1.165) is 17.9 Å². The minimum atomic E-state index is 0.245. The molecular formula is C6H10Cl2OS. The molecule has 1 nitrogen and oxygen atoms in total. The van der Waals surface area contributed by atoms with Gasteiger partial charge in [-0.1, -0.05) is 23.2 Å². The zero-order valence-corrected chi connectivity index (χ0v) is 7.85. The first-order valence-corrected chi connectivity index (χ1v) is 4.91. The molecule has 60 valence electrons. The molecule has 0 amide bonds. The van der Waals surface area contributed by atoms with Gasteiger partial charge in [0, 0.05) is 22.9 Å². The first-order chi connectivity index (χ1) is 4.81. The zero-order valence-electron chi connectivity index (χ0n) is 5.52. The van der Waals surface area contributed by atoms with Crippen molar-refractivity contribution in [3.63, 3.8) is 0 Å². The van der Waals surface area contributed by atoms with E-state index in [1.165, 1.54) is 5.54 Å². The predicted molar refractivity (Wildman–Crippen MR) is 48.8 cm³/mol. The summed E-state index contributed by atoms with van der Waals surface area (Å²) in [6.07, 6.45) is 0.817. The Labute approximate surface area is 75.4 Å². The lowest BCUT2D eigenvalue weighted by atomic mass is 10.5. The van der Waals surface area contributed by atoms with Crippen LogP contribution in [0, 0.1) is 0 Å². The highest BCUT2D eigenvalue weighted by Gasteiger charge is 1.91. The third kappa shape index (κ3) is 6.75. The van der Waals surface area contributed by atoms with Gasteiger partial charge >= 0.3 is 0 Å². The Hall–Kier alpha value is 0.630. The van der Waals surface area contributed by atoms with Crippen LogP contribution in [0.3, 0.4) is 0 Å². The molecule has 0 rings (SSSR count). The quantitative estimate of drug-likeness (QED) is 0.689. The predicted octanol–water partition coefficient (Wildman–Crippen LogP) is 2.42. The van der Waals surface area contributed by atoms with Crippen molar-refractivity contribution in [3.8, 4) is 0 Å². The molecule has 0 saturated heterocycles. The minimum absolute atomic E-state index is 0.245. The maximum absolute atomic E-state index is 8.40. The molecule has 10 heavy (non-hydrogen) atoms. The number of thioether (sulfide) groups is 1. The maximum atomic E-state index is 8.40. The molecule has 0 fully saturated rings. The van der Waals surface area contributed by atoms with Gasteiger partial charge in [-0.3, -0.25) is 0 Å². The molecule has 0 spiro atoms. The van der Waals surface area contributed by atoms with Gasteiger partial charge < -0.3 is 5.11 Å². The van der Waals surface area contributed by atoms with E-state index in [4.69, 9.17) is 28.3 Å². The summed E-state index contributed by atoms with van der Waals surface area (Å²) in [5, 5.41) is 9.06. The molecule has 0 aromatic heterocycles. The van der Waals surface area contributed by atoms with Crippen LogP contribution < -0.4 is 0 Å². The van der Waals surface area contributed by atoms with E-state index in [-0.39, 0.29) is 6.61 Å². The molecule has 0 aromatic carbocycles. The molecule has 0 aliphatic rings. The molecule has 0 aromatic rings. The van der Waals surface area contributed by atoms with Crippen LogP contribution in [-0.2, 0) is 0 Å². The number of hydrogen-bond acceptors (Lipinski definition) is 2. The highest BCUT2D eigenvalue weighted by atomic mass is 35.5. The Kier molecular flexibility index (Phi) is 8.22. The van der Waals surface area contributed by atoms with Gasteiger partial charge in [0.1, 0.15) is 0 Å². The van der Waals surface area contributed by atoms with Crippen molar-refractivity contribution >= 4 is 35.0 Å². The van der Waals surface area contributed by atoms with Crippen LogP contribution in [0.4, 0.5) is 0 Å². The smallest absolute Gasteiger partial charge is 0.0438 e. The zero-order chi connectivity index (χ0) is 7.82. The summed E-state index contributed by atoms with van der Waals surface area (Å²) in [7, 11) is 0. The number of aliphatic hydroxyl groups is 1. The van der Waals surface area contributed by atoms with Gasteiger partial charge in [-0.25, -0.2) is 0 Å². The lowest BCUT2D eigenvalue weighted by molar-refractivity contribution is 0.296. The maximum Gasteiger partial charge on any atom is 0.0438 e.